The van der Waals surface area contributed by atoms with Crippen molar-refractivity contribution in [3.63, 3.8) is 0 Å². The van der Waals surface area contributed by atoms with E-state index in [1.165, 1.54) is 5.56 Å². The third-order valence-corrected chi connectivity index (χ3v) is 4.07. The zero-order valence-electron chi connectivity index (χ0n) is 13.0. The third kappa shape index (κ3) is 5.05. The minimum atomic E-state index is 0.0640. The van der Waals surface area contributed by atoms with E-state index in [0.717, 1.165) is 32.4 Å². The van der Waals surface area contributed by atoms with Gasteiger partial charge in [0.05, 0.1) is 0 Å². The first-order chi connectivity index (χ1) is 10.2. The third-order valence-electron chi connectivity index (χ3n) is 4.07. The number of rotatable bonds is 6. The maximum atomic E-state index is 12.2. The van der Waals surface area contributed by atoms with E-state index in [1.54, 1.807) is 7.11 Å². The zero-order chi connectivity index (χ0) is 15.1. The minimum Gasteiger partial charge on any atom is -0.385 e. The van der Waals surface area contributed by atoms with E-state index in [4.69, 9.17) is 4.74 Å². The number of nitrogens with zero attached hydrogens (tertiary/aromatic N) is 1. The molecule has 0 aromatic heterocycles. The van der Waals surface area contributed by atoms with Gasteiger partial charge in [0, 0.05) is 32.8 Å². The van der Waals surface area contributed by atoms with Crippen LogP contribution in [0.15, 0.2) is 30.3 Å². The Kier molecular flexibility index (Phi) is 6.05. The summed E-state index contributed by atoms with van der Waals surface area (Å²) < 4.78 is 5.04. The van der Waals surface area contributed by atoms with Gasteiger partial charge in [-0.15, -0.1) is 0 Å². The molecule has 21 heavy (non-hydrogen) atoms. The van der Waals surface area contributed by atoms with Crippen LogP contribution in [0.3, 0.4) is 0 Å². The molecule has 1 heterocycles. The van der Waals surface area contributed by atoms with Gasteiger partial charge in [-0.1, -0.05) is 30.3 Å². The lowest BCUT2D eigenvalue weighted by Gasteiger charge is -2.21. The summed E-state index contributed by atoms with van der Waals surface area (Å²) >= 11 is 0. The van der Waals surface area contributed by atoms with E-state index < -0.39 is 0 Å². The average Bonchev–Trinajstić information content (AvgIpc) is 2.95. The largest absolute Gasteiger partial charge is 0.385 e. The monoisotopic (exact) mass is 290 g/mol. The molecule has 0 bridgehead atoms. The van der Waals surface area contributed by atoms with E-state index in [9.17, 15) is 4.79 Å². The molecule has 116 valence electrons. The lowest BCUT2D eigenvalue weighted by atomic mass is 9.99. The molecule has 1 N–H and O–H groups in total. The SMILES string of the molecule is COCC[C@H](C)NC(=O)N1CC[C@H](Cc2ccccc2)C1. The quantitative estimate of drug-likeness (QED) is 0.875. The van der Waals surface area contributed by atoms with Gasteiger partial charge >= 0.3 is 6.03 Å². The summed E-state index contributed by atoms with van der Waals surface area (Å²) in [6.07, 6.45) is 3.00. The van der Waals surface area contributed by atoms with Gasteiger partial charge in [0.25, 0.3) is 0 Å². The molecule has 1 aromatic rings. The Morgan fingerprint density at radius 2 is 2.19 bits per heavy atom. The summed E-state index contributed by atoms with van der Waals surface area (Å²) in [5, 5.41) is 3.05. The second-order valence-corrected chi connectivity index (χ2v) is 5.92. The van der Waals surface area contributed by atoms with Gasteiger partial charge in [-0.25, -0.2) is 4.79 Å². The number of likely N-dealkylation sites (tertiary alicyclic amines) is 1. The molecule has 4 heteroatoms. The second kappa shape index (κ2) is 8.03. The molecule has 1 aliphatic rings. The van der Waals surface area contributed by atoms with E-state index in [2.05, 4.69) is 29.6 Å². The fourth-order valence-corrected chi connectivity index (χ4v) is 2.80. The van der Waals surface area contributed by atoms with E-state index >= 15 is 0 Å². The van der Waals surface area contributed by atoms with Gasteiger partial charge in [-0.2, -0.15) is 0 Å². The highest BCUT2D eigenvalue weighted by molar-refractivity contribution is 5.74. The Labute approximate surface area is 127 Å². The second-order valence-electron chi connectivity index (χ2n) is 5.92. The van der Waals surface area contributed by atoms with Crippen LogP contribution in [0, 0.1) is 5.92 Å². The maximum absolute atomic E-state index is 12.2. The van der Waals surface area contributed by atoms with Crippen molar-refractivity contribution < 1.29 is 9.53 Å². The summed E-state index contributed by atoms with van der Waals surface area (Å²) in [5.74, 6) is 0.576. The Balaban J connectivity index is 1.75. The van der Waals surface area contributed by atoms with Crippen LogP contribution < -0.4 is 5.32 Å². The molecule has 0 unspecified atom stereocenters. The number of methoxy groups -OCH3 is 1. The molecular formula is C17H26N2O2. The molecule has 2 amide bonds. The number of hydrogen-bond donors (Lipinski definition) is 1. The van der Waals surface area contributed by atoms with Crippen LogP contribution in [0.4, 0.5) is 4.79 Å². The highest BCUT2D eigenvalue weighted by Crippen LogP contribution is 2.20. The standard InChI is InChI=1S/C17H26N2O2/c1-14(9-11-21-2)18-17(20)19-10-8-16(13-19)12-15-6-4-3-5-7-15/h3-7,14,16H,8-13H2,1-2H3,(H,18,20)/t14-,16+/m0/s1. The summed E-state index contributed by atoms with van der Waals surface area (Å²) in [6, 6.07) is 10.7. The molecule has 2 rings (SSSR count). The summed E-state index contributed by atoms with van der Waals surface area (Å²) in [5.41, 5.74) is 1.36. The first-order valence-corrected chi connectivity index (χ1v) is 7.77. The van der Waals surface area contributed by atoms with Crippen LogP contribution >= 0.6 is 0 Å². The topological polar surface area (TPSA) is 41.6 Å². The smallest absolute Gasteiger partial charge is 0.317 e. The molecule has 0 aliphatic carbocycles. The van der Waals surface area contributed by atoms with E-state index in [1.807, 2.05) is 17.9 Å². The van der Waals surface area contributed by atoms with E-state index in [-0.39, 0.29) is 12.1 Å². The molecule has 1 saturated heterocycles. The van der Waals surface area contributed by atoms with Crippen LogP contribution in [0.25, 0.3) is 0 Å². The van der Waals surface area contributed by atoms with Gasteiger partial charge in [-0.05, 0) is 37.7 Å². The van der Waals surface area contributed by atoms with Crippen molar-refractivity contribution in [2.75, 3.05) is 26.8 Å². The highest BCUT2D eigenvalue weighted by atomic mass is 16.5. The first kappa shape index (κ1) is 15.8. The molecular weight excluding hydrogens is 264 g/mol. The molecule has 1 aliphatic heterocycles. The molecule has 1 aromatic carbocycles. The van der Waals surface area contributed by atoms with Gasteiger partial charge in [0.1, 0.15) is 0 Å². The summed E-state index contributed by atoms with van der Waals surface area (Å²) in [4.78, 5) is 14.1. The summed E-state index contributed by atoms with van der Waals surface area (Å²) in [7, 11) is 1.68. The van der Waals surface area contributed by atoms with Crippen LogP contribution in [0.2, 0.25) is 0 Å². The van der Waals surface area contributed by atoms with Gasteiger partial charge in [0.15, 0.2) is 0 Å². The molecule has 0 spiro atoms. The number of nitrogens with one attached hydrogen (secondary N) is 1. The number of ether oxygens (including phenoxy) is 1. The first-order valence-electron chi connectivity index (χ1n) is 7.77. The van der Waals surface area contributed by atoms with Crippen molar-refractivity contribution in [2.24, 2.45) is 5.92 Å². The number of carbonyl (C=O) groups is 1. The van der Waals surface area contributed by atoms with Crippen LogP contribution in [-0.4, -0.2) is 43.8 Å². The maximum Gasteiger partial charge on any atom is 0.317 e. The van der Waals surface area contributed by atoms with Crippen LogP contribution in [0.1, 0.15) is 25.3 Å². The van der Waals surface area contributed by atoms with Crippen molar-refractivity contribution in [3.05, 3.63) is 35.9 Å². The summed E-state index contributed by atoms with van der Waals surface area (Å²) in [6.45, 7) is 4.42. The number of amides is 2. The Bertz CT molecular complexity index is 436. The fourth-order valence-electron chi connectivity index (χ4n) is 2.80. The molecule has 0 saturated carbocycles. The van der Waals surface area contributed by atoms with Crippen molar-refractivity contribution in [1.29, 1.82) is 0 Å². The number of hydrogen-bond acceptors (Lipinski definition) is 2. The Morgan fingerprint density at radius 3 is 2.90 bits per heavy atom. The van der Waals surface area contributed by atoms with Crippen LogP contribution in [0.5, 0.6) is 0 Å². The zero-order valence-corrected chi connectivity index (χ0v) is 13.0. The van der Waals surface area contributed by atoms with Gasteiger partial charge in [0.2, 0.25) is 0 Å². The molecule has 4 nitrogen and oxygen atoms in total. The predicted molar refractivity (Wildman–Crippen MR) is 84.3 cm³/mol. The lowest BCUT2D eigenvalue weighted by molar-refractivity contribution is 0.177. The van der Waals surface area contributed by atoms with Crippen molar-refractivity contribution in [3.8, 4) is 0 Å². The molecule has 2 atom stereocenters. The van der Waals surface area contributed by atoms with Crippen LogP contribution in [-0.2, 0) is 11.2 Å². The van der Waals surface area contributed by atoms with Gasteiger partial charge in [-0.3, -0.25) is 0 Å². The average molecular weight is 290 g/mol. The fraction of sp³-hybridized carbons (Fsp3) is 0.588. The van der Waals surface area contributed by atoms with E-state index in [0.29, 0.717) is 12.5 Å². The predicted octanol–water partition coefficient (Wildman–Crippen LogP) is 2.69. The Hall–Kier alpha value is -1.55. The van der Waals surface area contributed by atoms with Crippen molar-refractivity contribution in [2.45, 2.75) is 32.2 Å². The lowest BCUT2D eigenvalue weighted by Crippen LogP contribution is -2.43. The number of urea groups is 1. The molecule has 0 radical (unpaired) electrons. The van der Waals surface area contributed by atoms with Gasteiger partial charge < -0.3 is 15.0 Å². The van der Waals surface area contributed by atoms with Crippen molar-refractivity contribution >= 4 is 6.03 Å². The minimum absolute atomic E-state index is 0.0640. The normalized spacial score (nSPS) is 19.5. The molecule has 1 fully saturated rings. The highest BCUT2D eigenvalue weighted by Gasteiger charge is 2.26. The number of benzene rings is 1. The Morgan fingerprint density at radius 1 is 1.43 bits per heavy atom. The van der Waals surface area contributed by atoms with Crippen molar-refractivity contribution in [1.82, 2.24) is 10.2 Å². The number of carbonyl (C=O) groups excluding carboxylic acids is 1.